The van der Waals surface area contributed by atoms with Crippen molar-refractivity contribution in [3.8, 4) is 33.2 Å². The highest BCUT2D eigenvalue weighted by Gasteiger charge is 2.27. The van der Waals surface area contributed by atoms with Gasteiger partial charge in [0.1, 0.15) is 11.5 Å². The number of thiazole rings is 1. The number of ether oxygens (including phenoxy) is 2. The topological polar surface area (TPSA) is 83.9 Å². The lowest BCUT2D eigenvalue weighted by Gasteiger charge is -2.33. The number of aliphatic hydroxyl groups is 1. The number of rotatable bonds is 7. The van der Waals surface area contributed by atoms with Gasteiger partial charge in [-0.05, 0) is 60.5 Å². The third-order valence-electron chi connectivity index (χ3n) is 5.55. The standard InChI is InChI=1S/C24H27N3O4S/c1-30-19-7-3-16(4-8-19)21-22(17-5-9-20(31-2)10-6-17)32-23(26-21)24(29)27-13-12-25-18(15-27)11-14-28/h3-10,18,25,28H,11-15H2,1-2H3. The molecule has 1 aliphatic heterocycles. The largest absolute Gasteiger partial charge is 0.497 e. The SMILES string of the molecule is COc1ccc(-c2nc(C(=O)N3CCNC(CCO)C3)sc2-c2ccc(OC)cc2)cc1. The van der Waals surface area contributed by atoms with Crippen LogP contribution in [0.3, 0.4) is 0 Å². The highest BCUT2D eigenvalue weighted by Crippen LogP contribution is 2.38. The molecule has 0 radical (unpaired) electrons. The van der Waals surface area contributed by atoms with Crippen LogP contribution in [0.4, 0.5) is 0 Å². The number of aromatic nitrogens is 1. The lowest BCUT2D eigenvalue weighted by molar-refractivity contribution is 0.0690. The first-order chi connectivity index (χ1) is 15.6. The van der Waals surface area contributed by atoms with Gasteiger partial charge in [-0.3, -0.25) is 4.79 Å². The van der Waals surface area contributed by atoms with E-state index in [-0.39, 0.29) is 18.6 Å². The summed E-state index contributed by atoms with van der Waals surface area (Å²) in [5.41, 5.74) is 2.67. The average Bonchev–Trinajstić information content (AvgIpc) is 3.29. The normalized spacial score (nSPS) is 16.1. The molecule has 2 N–H and O–H groups in total. The van der Waals surface area contributed by atoms with E-state index in [1.54, 1.807) is 14.2 Å². The van der Waals surface area contributed by atoms with E-state index in [4.69, 9.17) is 14.5 Å². The van der Waals surface area contributed by atoms with Crippen molar-refractivity contribution in [3.63, 3.8) is 0 Å². The number of methoxy groups -OCH3 is 2. The van der Waals surface area contributed by atoms with Crippen LogP contribution in [0.15, 0.2) is 48.5 Å². The Morgan fingerprint density at radius 1 is 1.09 bits per heavy atom. The molecule has 1 saturated heterocycles. The van der Waals surface area contributed by atoms with Crippen LogP contribution < -0.4 is 14.8 Å². The molecule has 2 aromatic carbocycles. The summed E-state index contributed by atoms with van der Waals surface area (Å²) in [7, 11) is 3.27. The second-order valence-corrected chi connectivity index (χ2v) is 8.57. The zero-order valence-electron chi connectivity index (χ0n) is 18.2. The number of carbonyl (C=O) groups is 1. The molecule has 1 amide bonds. The Hall–Kier alpha value is -2.94. The summed E-state index contributed by atoms with van der Waals surface area (Å²) in [6, 6.07) is 15.6. The van der Waals surface area contributed by atoms with Crippen LogP contribution in [0, 0.1) is 0 Å². The van der Waals surface area contributed by atoms with Gasteiger partial charge in [-0.2, -0.15) is 0 Å². The van der Waals surface area contributed by atoms with Crippen molar-refractivity contribution in [1.29, 1.82) is 0 Å². The van der Waals surface area contributed by atoms with E-state index in [9.17, 15) is 9.90 Å². The van der Waals surface area contributed by atoms with Gasteiger partial charge >= 0.3 is 0 Å². The van der Waals surface area contributed by atoms with Crippen LogP contribution in [0.25, 0.3) is 21.7 Å². The third-order valence-corrected chi connectivity index (χ3v) is 6.64. The molecule has 1 unspecified atom stereocenters. The molecule has 0 aliphatic carbocycles. The fraction of sp³-hybridized carbons (Fsp3) is 0.333. The quantitative estimate of drug-likeness (QED) is 0.571. The van der Waals surface area contributed by atoms with Crippen LogP contribution in [-0.4, -0.2) is 67.4 Å². The van der Waals surface area contributed by atoms with Gasteiger partial charge in [0.25, 0.3) is 5.91 Å². The zero-order valence-corrected chi connectivity index (χ0v) is 19.0. The van der Waals surface area contributed by atoms with Crippen molar-refractivity contribution in [2.45, 2.75) is 12.5 Å². The van der Waals surface area contributed by atoms with E-state index in [1.165, 1.54) is 11.3 Å². The van der Waals surface area contributed by atoms with Crippen molar-refractivity contribution >= 4 is 17.2 Å². The predicted molar refractivity (Wildman–Crippen MR) is 125 cm³/mol. The number of hydrogen-bond acceptors (Lipinski definition) is 7. The van der Waals surface area contributed by atoms with E-state index >= 15 is 0 Å². The van der Waals surface area contributed by atoms with Gasteiger partial charge in [0.2, 0.25) is 0 Å². The first-order valence-corrected chi connectivity index (χ1v) is 11.4. The van der Waals surface area contributed by atoms with Crippen LogP contribution in [-0.2, 0) is 0 Å². The lowest BCUT2D eigenvalue weighted by atomic mass is 10.1. The van der Waals surface area contributed by atoms with Gasteiger partial charge in [-0.15, -0.1) is 11.3 Å². The Morgan fingerprint density at radius 3 is 2.31 bits per heavy atom. The molecule has 7 nitrogen and oxygen atoms in total. The minimum absolute atomic E-state index is 0.0750. The molecule has 8 heteroatoms. The number of hydrogen-bond donors (Lipinski definition) is 2. The summed E-state index contributed by atoms with van der Waals surface area (Å²) in [6.07, 6.45) is 0.621. The maximum Gasteiger partial charge on any atom is 0.282 e. The van der Waals surface area contributed by atoms with E-state index in [0.717, 1.165) is 33.2 Å². The van der Waals surface area contributed by atoms with Gasteiger partial charge < -0.3 is 24.8 Å². The smallest absolute Gasteiger partial charge is 0.282 e. The Balaban J connectivity index is 1.70. The van der Waals surface area contributed by atoms with Crippen molar-refractivity contribution in [1.82, 2.24) is 15.2 Å². The number of benzene rings is 2. The lowest BCUT2D eigenvalue weighted by Crippen LogP contribution is -2.52. The minimum Gasteiger partial charge on any atom is -0.497 e. The Bertz CT molecular complexity index is 983. The molecule has 168 valence electrons. The fourth-order valence-electron chi connectivity index (χ4n) is 3.79. The Morgan fingerprint density at radius 2 is 1.72 bits per heavy atom. The molecule has 32 heavy (non-hydrogen) atoms. The Labute approximate surface area is 191 Å². The summed E-state index contributed by atoms with van der Waals surface area (Å²) in [4.78, 5) is 20.9. The highest BCUT2D eigenvalue weighted by molar-refractivity contribution is 7.17. The maximum absolute atomic E-state index is 13.3. The first-order valence-electron chi connectivity index (χ1n) is 10.6. The molecule has 1 aromatic heterocycles. The van der Waals surface area contributed by atoms with Crippen LogP contribution in [0.2, 0.25) is 0 Å². The zero-order chi connectivity index (χ0) is 22.5. The molecular weight excluding hydrogens is 426 g/mol. The van der Waals surface area contributed by atoms with Crippen LogP contribution in [0.5, 0.6) is 11.5 Å². The number of aliphatic hydroxyl groups excluding tert-OH is 1. The minimum atomic E-state index is -0.0750. The third kappa shape index (κ3) is 4.77. The van der Waals surface area contributed by atoms with Crippen molar-refractivity contribution in [2.24, 2.45) is 0 Å². The molecule has 4 rings (SSSR count). The average molecular weight is 454 g/mol. The molecule has 1 aliphatic rings. The van der Waals surface area contributed by atoms with Gasteiger partial charge in [-0.1, -0.05) is 0 Å². The first kappa shape index (κ1) is 22.3. The van der Waals surface area contributed by atoms with Crippen LogP contribution >= 0.6 is 11.3 Å². The van der Waals surface area contributed by atoms with Crippen molar-refractivity contribution in [2.75, 3.05) is 40.5 Å². The molecule has 2 heterocycles. The van der Waals surface area contributed by atoms with E-state index in [0.29, 0.717) is 31.1 Å². The van der Waals surface area contributed by atoms with E-state index < -0.39 is 0 Å². The van der Waals surface area contributed by atoms with Gasteiger partial charge in [-0.25, -0.2) is 4.98 Å². The second-order valence-electron chi connectivity index (χ2n) is 7.57. The number of nitrogens with one attached hydrogen (secondary N) is 1. The van der Waals surface area contributed by atoms with E-state index in [2.05, 4.69) is 5.32 Å². The Kier molecular flexibility index (Phi) is 7.04. The number of amides is 1. The van der Waals surface area contributed by atoms with Crippen LogP contribution in [0.1, 0.15) is 16.2 Å². The summed E-state index contributed by atoms with van der Waals surface area (Å²) >= 11 is 1.40. The number of nitrogens with zero attached hydrogens (tertiary/aromatic N) is 2. The number of carbonyl (C=O) groups excluding carboxylic acids is 1. The van der Waals surface area contributed by atoms with Gasteiger partial charge in [0, 0.05) is 37.8 Å². The molecule has 0 bridgehead atoms. The van der Waals surface area contributed by atoms with Gasteiger partial charge in [0.15, 0.2) is 5.01 Å². The molecule has 1 fully saturated rings. The summed E-state index contributed by atoms with van der Waals surface area (Å²) in [5, 5.41) is 13.1. The van der Waals surface area contributed by atoms with Crippen molar-refractivity contribution in [3.05, 3.63) is 53.5 Å². The monoisotopic (exact) mass is 453 g/mol. The molecular formula is C24H27N3O4S. The number of piperazine rings is 1. The summed E-state index contributed by atoms with van der Waals surface area (Å²) in [6.45, 7) is 1.99. The van der Waals surface area contributed by atoms with E-state index in [1.807, 2.05) is 53.4 Å². The molecule has 0 spiro atoms. The van der Waals surface area contributed by atoms with Crippen molar-refractivity contribution < 1.29 is 19.4 Å². The highest BCUT2D eigenvalue weighted by atomic mass is 32.1. The molecule has 1 atom stereocenters. The molecule has 0 saturated carbocycles. The maximum atomic E-state index is 13.3. The summed E-state index contributed by atoms with van der Waals surface area (Å²) < 4.78 is 10.6. The fourth-order valence-corrected chi connectivity index (χ4v) is 4.85. The van der Waals surface area contributed by atoms with Gasteiger partial charge in [0.05, 0.1) is 24.8 Å². The predicted octanol–water partition coefficient (Wildman–Crippen LogP) is 3.29. The second kappa shape index (κ2) is 10.1. The summed E-state index contributed by atoms with van der Waals surface area (Å²) in [5.74, 6) is 1.47. The molecule has 3 aromatic rings.